The maximum Gasteiger partial charge on any atom is 0.165 e. The lowest BCUT2D eigenvalue weighted by Gasteiger charge is -2.38. The number of nitrogens with zero attached hydrogens (tertiary/aromatic N) is 4. The van der Waals surface area contributed by atoms with E-state index in [0.29, 0.717) is 0 Å². The number of hydrogen-bond donors (Lipinski definition) is 1. The summed E-state index contributed by atoms with van der Waals surface area (Å²) in [7, 11) is 0. The van der Waals surface area contributed by atoms with Crippen LogP contribution in [-0.4, -0.2) is 19.6 Å². The minimum absolute atomic E-state index is 0.156. The van der Waals surface area contributed by atoms with Gasteiger partial charge in [0.05, 0.1) is 11.4 Å². The first-order chi connectivity index (χ1) is 15.1. The number of nitrogens with two attached hydrogens (primary N) is 1. The van der Waals surface area contributed by atoms with Gasteiger partial charge in [0.2, 0.25) is 0 Å². The first-order valence-corrected chi connectivity index (χ1v) is 11.0. The molecule has 31 heavy (non-hydrogen) atoms. The van der Waals surface area contributed by atoms with Crippen LogP contribution in [0.2, 0.25) is 0 Å². The molecule has 5 nitrogen and oxygen atoms in total. The SMILES string of the molecule is Cc1cc2ncc3cc(C4=CCCC=C4)c(-c4ccc(C5(N)CCC5)cc4)nc3n2n1. The van der Waals surface area contributed by atoms with Gasteiger partial charge in [0.1, 0.15) is 0 Å². The van der Waals surface area contributed by atoms with Crippen molar-refractivity contribution in [1.29, 1.82) is 0 Å². The summed E-state index contributed by atoms with van der Waals surface area (Å²) in [5.41, 5.74) is 14.6. The zero-order valence-corrected chi connectivity index (χ0v) is 17.7. The van der Waals surface area contributed by atoms with Gasteiger partial charge in [0.15, 0.2) is 11.3 Å². The van der Waals surface area contributed by atoms with E-state index < -0.39 is 0 Å². The van der Waals surface area contributed by atoms with Gasteiger partial charge in [0, 0.05) is 34.3 Å². The number of hydrogen-bond acceptors (Lipinski definition) is 4. The van der Waals surface area contributed by atoms with E-state index in [1.807, 2.05) is 23.7 Å². The Morgan fingerprint density at radius 1 is 1.06 bits per heavy atom. The predicted octanol–water partition coefficient (Wildman–Crippen LogP) is 5.32. The molecule has 0 aliphatic heterocycles. The summed E-state index contributed by atoms with van der Waals surface area (Å²) >= 11 is 0. The van der Waals surface area contributed by atoms with Crippen LogP contribution in [0, 0.1) is 6.92 Å². The highest BCUT2D eigenvalue weighted by molar-refractivity contribution is 5.91. The van der Waals surface area contributed by atoms with Gasteiger partial charge in [-0.3, -0.25) is 0 Å². The van der Waals surface area contributed by atoms with E-state index in [0.717, 1.165) is 64.9 Å². The Morgan fingerprint density at radius 2 is 1.90 bits per heavy atom. The van der Waals surface area contributed by atoms with Crippen LogP contribution in [0.25, 0.3) is 33.5 Å². The molecule has 5 heteroatoms. The summed E-state index contributed by atoms with van der Waals surface area (Å²) in [4.78, 5) is 9.72. The maximum atomic E-state index is 6.55. The molecule has 2 aliphatic rings. The van der Waals surface area contributed by atoms with E-state index in [-0.39, 0.29) is 5.54 Å². The van der Waals surface area contributed by atoms with E-state index >= 15 is 0 Å². The second kappa shape index (κ2) is 6.86. The summed E-state index contributed by atoms with van der Waals surface area (Å²) in [6.07, 6.45) is 14.1. The molecular formula is C26H25N5. The van der Waals surface area contributed by atoms with Crippen molar-refractivity contribution in [2.45, 2.75) is 44.6 Å². The van der Waals surface area contributed by atoms with E-state index in [2.05, 4.69) is 58.6 Å². The van der Waals surface area contributed by atoms with Crippen LogP contribution in [0.15, 0.2) is 60.8 Å². The Bertz CT molecular complexity index is 1370. The summed E-state index contributed by atoms with van der Waals surface area (Å²) < 4.78 is 1.85. The molecular weight excluding hydrogens is 382 g/mol. The molecule has 0 amide bonds. The van der Waals surface area contributed by atoms with Crippen LogP contribution < -0.4 is 5.73 Å². The molecule has 4 aromatic rings. The van der Waals surface area contributed by atoms with Gasteiger partial charge in [-0.1, -0.05) is 42.5 Å². The zero-order valence-electron chi connectivity index (χ0n) is 17.7. The van der Waals surface area contributed by atoms with E-state index in [9.17, 15) is 0 Å². The molecule has 0 atom stereocenters. The Morgan fingerprint density at radius 3 is 2.61 bits per heavy atom. The highest BCUT2D eigenvalue weighted by atomic mass is 15.3. The number of rotatable bonds is 3. The van der Waals surface area contributed by atoms with Crippen LogP contribution in [0.5, 0.6) is 0 Å². The van der Waals surface area contributed by atoms with Crippen molar-refractivity contribution >= 4 is 22.3 Å². The molecule has 2 aliphatic carbocycles. The van der Waals surface area contributed by atoms with Crippen LogP contribution in [0.4, 0.5) is 0 Å². The Labute approximate surface area is 181 Å². The Balaban J connectivity index is 1.57. The van der Waals surface area contributed by atoms with Crippen molar-refractivity contribution in [2.24, 2.45) is 5.73 Å². The number of aryl methyl sites for hydroxylation is 1. The van der Waals surface area contributed by atoms with Crippen LogP contribution in [0.1, 0.15) is 48.9 Å². The highest BCUT2D eigenvalue weighted by Gasteiger charge is 2.34. The largest absolute Gasteiger partial charge is 0.321 e. The average Bonchev–Trinajstić information content (AvgIpc) is 3.18. The molecule has 0 radical (unpaired) electrons. The zero-order chi connectivity index (χ0) is 21.0. The monoisotopic (exact) mass is 407 g/mol. The quantitative estimate of drug-likeness (QED) is 0.499. The Kier molecular flexibility index (Phi) is 4.08. The van der Waals surface area contributed by atoms with Gasteiger partial charge in [0.25, 0.3) is 0 Å². The topological polar surface area (TPSA) is 69.1 Å². The molecule has 1 aromatic carbocycles. The standard InChI is InChI=1S/C26H25N5/c1-17-14-23-28-16-20-15-22(18-6-3-2-4-7-18)24(29-25(20)31(23)30-17)19-8-10-21(11-9-19)26(27)12-5-13-26/h3,6-11,14-16H,2,4-5,12-13,27H2,1H3. The second-order valence-corrected chi connectivity index (χ2v) is 8.84. The lowest BCUT2D eigenvalue weighted by Crippen LogP contribution is -2.43. The normalized spacial score (nSPS) is 17.7. The number of allylic oxidation sites excluding steroid dienone is 4. The fraction of sp³-hybridized carbons (Fsp3) is 0.269. The third kappa shape index (κ3) is 3.00. The maximum absolute atomic E-state index is 6.55. The minimum atomic E-state index is -0.156. The molecule has 0 unspecified atom stereocenters. The number of aromatic nitrogens is 4. The number of benzene rings is 1. The second-order valence-electron chi connectivity index (χ2n) is 8.84. The summed E-state index contributed by atoms with van der Waals surface area (Å²) in [5.74, 6) is 0. The average molecular weight is 408 g/mol. The van der Waals surface area contributed by atoms with Gasteiger partial charge < -0.3 is 5.73 Å². The predicted molar refractivity (Wildman–Crippen MR) is 125 cm³/mol. The van der Waals surface area contributed by atoms with Crippen molar-refractivity contribution in [3.8, 4) is 11.3 Å². The van der Waals surface area contributed by atoms with Crippen molar-refractivity contribution < 1.29 is 0 Å². The molecule has 1 saturated carbocycles. The van der Waals surface area contributed by atoms with Gasteiger partial charge >= 0.3 is 0 Å². The molecule has 1 fully saturated rings. The molecule has 2 N–H and O–H groups in total. The van der Waals surface area contributed by atoms with Crippen molar-refractivity contribution in [3.05, 3.63) is 77.6 Å². The van der Waals surface area contributed by atoms with E-state index in [1.54, 1.807) is 0 Å². The Hall–Kier alpha value is -3.31. The summed E-state index contributed by atoms with van der Waals surface area (Å²) in [5, 5.41) is 5.62. The highest BCUT2D eigenvalue weighted by Crippen LogP contribution is 2.40. The van der Waals surface area contributed by atoms with Gasteiger partial charge in [-0.05, 0) is 56.2 Å². The van der Waals surface area contributed by atoms with Crippen molar-refractivity contribution in [1.82, 2.24) is 19.6 Å². The van der Waals surface area contributed by atoms with Crippen LogP contribution in [0.3, 0.4) is 0 Å². The smallest absolute Gasteiger partial charge is 0.165 e. The van der Waals surface area contributed by atoms with Gasteiger partial charge in [-0.2, -0.15) is 9.61 Å². The first kappa shape index (κ1) is 18.5. The van der Waals surface area contributed by atoms with Crippen LogP contribution >= 0.6 is 0 Å². The third-order valence-electron chi connectivity index (χ3n) is 6.67. The van der Waals surface area contributed by atoms with Crippen molar-refractivity contribution in [2.75, 3.05) is 0 Å². The fourth-order valence-corrected chi connectivity index (χ4v) is 4.71. The summed E-state index contributed by atoms with van der Waals surface area (Å²) in [6, 6.07) is 12.9. The fourth-order valence-electron chi connectivity index (χ4n) is 4.71. The van der Waals surface area contributed by atoms with E-state index in [4.69, 9.17) is 10.7 Å². The molecule has 3 heterocycles. The minimum Gasteiger partial charge on any atom is -0.321 e. The molecule has 154 valence electrons. The van der Waals surface area contributed by atoms with Crippen molar-refractivity contribution in [3.63, 3.8) is 0 Å². The van der Waals surface area contributed by atoms with Crippen LogP contribution in [-0.2, 0) is 5.54 Å². The lowest BCUT2D eigenvalue weighted by molar-refractivity contribution is 0.253. The number of pyridine rings is 1. The van der Waals surface area contributed by atoms with Gasteiger partial charge in [-0.25, -0.2) is 9.97 Å². The third-order valence-corrected chi connectivity index (χ3v) is 6.67. The number of fused-ring (bicyclic) bond motifs is 3. The molecule has 3 aromatic heterocycles. The molecule has 0 bridgehead atoms. The lowest BCUT2D eigenvalue weighted by atomic mass is 9.72. The molecule has 0 saturated heterocycles. The molecule has 0 spiro atoms. The van der Waals surface area contributed by atoms with E-state index in [1.165, 1.54) is 17.6 Å². The van der Waals surface area contributed by atoms with Gasteiger partial charge in [-0.15, -0.1) is 0 Å². The first-order valence-electron chi connectivity index (χ1n) is 11.0. The summed E-state index contributed by atoms with van der Waals surface area (Å²) in [6.45, 7) is 1.98. The molecule has 6 rings (SSSR count).